The van der Waals surface area contributed by atoms with Crippen LogP contribution in [0, 0.1) is 18.7 Å². The highest BCUT2D eigenvalue weighted by atomic mass is 19.1. The van der Waals surface area contributed by atoms with Crippen molar-refractivity contribution in [3.05, 3.63) is 53.9 Å². The normalized spacial score (nSPS) is 10.7. The predicted octanol–water partition coefficient (Wildman–Crippen LogP) is 3.05. The van der Waals surface area contributed by atoms with Crippen LogP contribution in [0.15, 0.2) is 36.7 Å². The molecule has 0 saturated heterocycles. The van der Waals surface area contributed by atoms with Gasteiger partial charge in [0.25, 0.3) is 5.91 Å². The molecule has 0 fully saturated rings. The first-order valence-corrected chi connectivity index (χ1v) is 8.48. The molecule has 2 aromatic rings. The Morgan fingerprint density at radius 1 is 1.15 bits per heavy atom. The van der Waals surface area contributed by atoms with Crippen LogP contribution in [0.25, 0.3) is 0 Å². The molecule has 6 nitrogen and oxygen atoms in total. The lowest BCUT2D eigenvalue weighted by Crippen LogP contribution is -2.37. The Bertz CT molecular complexity index is 745. The number of halogens is 1. The number of hydrogen-bond acceptors (Lipinski definition) is 4. The predicted molar refractivity (Wildman–Crippen MR) is 97.2 cm³/mol. The molecular formula is C19H23FN4O2. The molecule has 0 aliphatic heterocycles. The van der Waals surface area contributed by atoms with Crippen LogP contribution < -0.4 is 5.32 Å². The SMILES string of the molecule is Cc1cnc(C(=O)N(CCC(=O)Nc2ccc(F)cc2)CC(C)C)cn1. The van der Waals surface area contributed by atoms with E-state index in [4.69, 9.17) is 0 Å². The molecule has 7 heteroatoms. The molecule has 2 amide bonds. The molecular weight excluding hydrogens is 335 g/mol. The number of anilines is 1. The molecule has 138 valence electrons. The van der Waals surface area contributed by atoms with Gasteiger partial charge in [0.15, 0.2) is 0 Å². The summed E-state index contributed by atoms with van der Waals surface area (Å²) in [5.41, 5.74) is 1.51. The number of nitrogens with zero attached hydrogens (tertiary/aromatic N) is 3. The van der Waals surface area contributed by atoms with Gasteiger partial charge in [-0.05, 0) is 37.1 Å². The first-order valence-electron chi connectivity index (χ1n) is 8.48. The number of aryl methyl sites for hydroxylation is 1. The Morgan fingerprint density at radius 2 is 1.85 bits per heavy atom. The van der Waals surface area contributed by atoms with Crippen LogP contribution in [-0.2, 0) is 4.79 Å². The fourth-order valence-electron chi connectivity index (χ4n) is 2.37. The summed E-state index contributed by atoms with van der Waals surface area (Å²) in [6, 6.07) is 5.54. The van der Waals surface area contributed by atoms with Crippen molar-refractivity contribution in [3.8, 4) is 0 Å². The van der Waals surface area contributed by atoms with Gasteiger partial charge in [-0.15, -0.1) is 0 Å². The van der Waals surface area contributed by atoms with Gasteiger partial charge in [0.1, 0.15) is 11.5 Å². The first-order chi connectivity index (χ1) is 12.3. The highest BCUT2D eigenvalue weighted by Crippen LogP contribution is 2.10. The molecule has 1 heterocycles. The van der Waals surface area contributed by atoms with E-state index in [2.05, 4.69) is 15.3 Å². The molecule has 0 aliphatic carbocycles. The lowest BCUT2D eigenvalue weighted by atomic mass is 10.2. The molecule has 0 radical (unpaired) electrons. The van der Waals surface area contributed by atoms with E-state index in [0.717, 1.165) is 5.69 Å². The lowest BCUT2D eigenvalue weighted by molar-refractivity contribution is -0.116. The maximum absolute atomic E-state index is 12.9. The van der Waals surface area contributed by atoms with Crippen molar-refractivity contribution in [2.75, 3.05) is 18.4 Å². The van der Waals surface area contributed by atoms with Gasteiger partial charge in [-0.2, -0.15) is 0 Å². The van der Waals surface area contributed by atoms with Gasteiger partial charge in [0, 0.05) is 31.4 Å². The van der Waals surface area contributed by atoms with Crippen molar-refractivity contribution >= 4 is 17.5 Å². The topological polar surface area (TPSA) is 75.2 Å². The highest BCUT2D eigenvalue weighted by molar-refractivity contribution is 5.93. The molecule has 26 heavy (non-hydrogen) atoms. The second kappa shape index (κ2) is 9.03. The third kappa shape index (κ3) is 5.91. The van der Waals surface area contributed by atoms with E-state index in [0.29, 0.717) is 12.2 Å². The average molecular weight is 358 g/mol. The summed E-state index contributed by atoms with van der Waals surface area (Å²) in [6.45, 7) is 6.57. The highest BCUT2D eigenvalue weighted by Gasteiger charge is 2.19. The Morgan fingerprint density at radius 3 is 2.42 bits per heavy atom. The van der Waals surface area contributed by atoms with E-state index < -0.39 is 0 Å². The van der Waals surface area contributed by atoms with Crippen molar-refractivity contribution in [2.24, 2.45) is 5.92 Å². The van der Waals surface area contributed by atoms with Crippen molar-refractivity contribution < 1.29 is 14.0 Å². The Hall–Kier alpha value is -2.83. The minimum absolute atomic E-state index is 0.134. The number of rotatable bonds is 7. The van der Waals surface area contributed by atoms with Gasteiger partial charge in [0.2, 0.25) is 5.91 Å². The second-order valence-electron chi connectivity index (χ2n) is 6.49. The maximum Gasteiger partial charge on any atom is 0.274 e. The molecule has 0 spiro atoms. The van der Waals surface area contributed by atoms with Gasteiger partial charge in [-0.1, -0.05) is 13.8 Å². The number of nitrogens with one attached hydrogen (secondary N) is 1. The molecule has 0 saturated carbocycles. The number of hydrogen-bond donors (Lipinski definition) is 1. The van der Waals surface area contributed by atoms with Crippen LogP contribution >= 0.6 is 0 Å². The monoisotopic (exact) mass is 358 g/mol. The Kier molecular flexibility index (Phi) is 6.77. The first kappa shape index (κ1) is 19.5. The average Bonchev–Trinajstić information content (AvgIpc) is 2.60. The largest absolute Gasteiger partial charge is 0.336 e. The smallest absolute Gasteiger partial charge is 0.274 e. The van der Waals surface area contributed by atoms with Gasteiger partial charge in [0.05, 0.1) is 11.9 Å². The van der Waals surface area contributed by atoms with Crippen molar-refractivity contribution in [1.29, 1.82) is 0 Å². The summed E-state index contributed by atoms with van der Waals surface area (Å²) in [7, 11) is 0. The van der Waals surface area contributed by atoms with Crippen molar-refractivity contribution in [2.45, 2.75) is 27.2 Å². The lowest BCUT2D eigenvalue weighted by Gasteiger charge is -2.24. The second-order valence-corrected chi connectivity index (χ2v) is 6.49. The van der Waals surface area contributed by atoms with E-state index in [1.807, 2.05) is 13.8 Å². The molecule has 1 N–H and O–H groups in total. The number of carbonyl (C=O) groups is 2. The van der Waals surface area contributed by atoms with Crippen LogP contribution in [-0.4, -0.2) is 39.8 Å². The van der Waals surface area contributed by atoms with Gasteiger partial charge < -0.3 is 10.2 Å². The maximum atomic E-state index is 12.9. The summed E-state index contributed by atoms with van der Waals surface area (Å²) in [5.74, 6) is -0.609. The zero-order valence-corrected chi connectivity index (χ0v) is 15.2. The standard InChI is InChI=1S/C19H23FN4O2/c1-13(2)12-24(19(26)17-11-21-14(3)10-22-17)9-8-18(25)23-16-6-4-15(20)5-7-16/h4-7,10-11,13H,8-9,12H2,1-3H3,(H,23,25). The van der Waals surface area contributed by atoms with Gasteiger partial charge in [-0.3, -0.25) is 14.6 Å². The molecule has 1 aromatic heterocycles. The van der Waals surface area contributed by atoms with E-state index in [1.54, 1.807) is 18.0 Å². The van der Waals surface area contributed by atoms with Gasteiger partial charge >= 0.3 is 0 Å². The zero-order valence-electron chi connectivity index (χ0n) is 15.2. The van der Waals surface area contributed by atoms with E-state index in [9.17, 15) is 14.0 Å². The number of amides is 2. The van der Waals surface area contributed by atoms with Crippen LogP contribution in [0.5, 0.6) is 0 Å². The van der Waals surface area contributed by atoms with E-state index in [1.165, 1.54) is 30.5 Å². The van der Waals surface area contributed by atoms with E-state index >= 15 is 0 Å². The minimum atomic E-state index is -0.365. The van der Waals surface area contributed by atoms with E-state index in [-0.39, 0.29) is 42.2 Å². The Labute approximate surface area is 152 Å². The summed E-state index contributed by atoms with van der Waals surface area (Å²) < 4.78 is 12.9. The molecule has 0 bridgehead atoms. The van der Waals surface area contributed by atoms with Crippen LogP contribution in [0.4, 0.5) is 10.1 Å². The van der Waals surface area contributed by atoms with Gasteiger partial charge in [-0.25, -0.2) is 9.37 Å². The molecule has 0 aliphatic rings. The fourth-order valence-corrected chi connectivity index (χ4v) is 2.37. The third-order valence-electron chi connectivity index (χ3n) is 3.61. The Balaban J connectivity index is 1.98. The minimum Gasteiger partial charge on any atom is -0.336 e. The molecule has 2 rings (SSSR count). The van der Waals surface area contributed by atoms with Crippen LogP contribution in [0.3, 0.4) is 0 Å². The number of aromatic nitrogens is 2. The van der Waals surface area contributed by atoms with Crippen LogP contribution in [0.1, 0.15) is 36.5 Å². The summed E-state index contributed by atoms with van der Waals surface area (Å²) in [5, 5.41) is 2.69. The van der Waals surface area contributed by atoms with Crippen LogP contribution in [0.2, 0.25) is 0 Å². The fraction of sp³-hybridized carbons (Fsp3) is 0.368. The quantitative estimate of drug-likeness (QED) is 0.825. The molecule has 1 aromatic carbocycles. The number of carbonyl (C=O) groups excluding carboxylic acids is 2. The molecule has 0 atom stereocenters. The summed E-state index contributed by atoms with van der Waals surface area (Å²) in [6.07, 6.45) is 3.13. The number of benzene rings is 1. The third-order valence-corrected chi connectivity index (χ3v) is 3.61. The van der Waals surface area contributed by atoms with Crippen molar-refractivity contribution in [1.82, 2.24) is 14.9 Å². The van der Waals surface area contributed by atoms with Crippen molar-refractivity contribution in [3.63, 3.8) is 0 Å². The zero-order chi connectivity index (χ0) is 19.1. The molecule has 0 unspecified atom stereocenters. The summed E-state index contributed by atoms with van der Waals surface area (Å²) in [4.78, 5) is 34.6. The summed E-state index contributed by atoms with van der Waals surface area (Å²) >= 11 is 0.